The summed E-state index contributed by atoms with van der Waals surface area (Å²) in [6, 6.07) is 6.02. The van der Waals surface area contributed by atoms with Gasteiger partial charge < -0.3 is 0 Å². The highest BCUT2D eigenvalue weighted by atomic mass is 79.9. The first kappa shape index (κ1) is 14.6. The largest absolute Gasteiger partial charge is 0.293 e. The molecule has 5 heteroatoms. The highest BCUT2D eigenvalue weighted by molar-refractivity contribution is 9.11. The molecule has 0 aromatic carbocycles. The van der Waals surface area contributed by atoms with E-state index >= 15 is 0 Å². The zero-order valence-corrected chi connectivity index (χ0v) is 13.9. The lowest BCUT2D eigenvalue weighted by atomic mass is 10.2. The van der Waals surface area contributed by atoms with Crippen LogP contribution in [-0.2, 0) is 13.1 Å². The van der Waals surface area contributed by atoms with E-state index in [1.165, 1.54) is 5.56 Å². The summed E-state index contributed by atoms with van der Waals surface area (Å²) >= 11 is 7.11. The third-order valence-corrected chi connectivity index (χ3v) is 4.26. The van der Waals surface area contributed by atoms with Gasteiger partial charge in [-0.25, -0.2) is 0 Å². The molecule has 0 aliphatic heterocycles. The van der Waals surface area contributed by atoms with E-state index in [1.807, 2.05) is 30.7 Å². The predicted molar refractivity (Wildman–Crippen MR) is 83.7 cm³/mol. The van der Waals surface area contributed by atoms with Crippen LogP contribution in [0.2, 0.25) is 0 Å². The van der Waals surface area contributed by atoms with Crippen LogP contribution in [0.1, 0.15) is 18.2 Å². The van der Waals surface area contributed by atoms with Crippen LogP contribution >= 0.6 is 31.9 Å². The molecule has 3 nitrogen and oxygen atoms in total. The van der Waals surface area contributed by atoms with Crippen LogP contribution < -0.4 is 0 Å². The highest BCUT2D eigenvalue weighted by Gasteiger charge is 2.11. The van der Waals surface area contributed by atoms with E-state index in [2.05, 4.69) is 59.7 Å². The van der Waals surface area contributed by atoms with Gasteiger partial charge in [-0.3, -0.25) is 14.9 Å². The van der Waals surface area contributed by atoms with Crippen molar-refractivity contribution in [3.8, 4) is 0 Å². The van der Waals surface area contributed by atoms with Crippen LogP contribution in [0.25, 0.3) is 0 Å². The van der Waals surface area contributed by atoms with E-state index in [9.17, 15) is 0 Å². The van der Waals surface area contributed by atoms with Gasteiger partial charge in [0, 0.05) is 40.6 Å². The van der Waals surface area contributed by atoms with Crippen LogP contribution in [0.5, 0.6) is 0 Å². The van der Waals surface area contributed by atoms with E-state index in [-0.39, 0.29) is 0 Å². The Balaban J connectivity index is 2.11. The molecule has 0 saturated heterocycles. The Kier molecular flexibility index (Phi) is 5.48. The van der Waals surface area contributed by atoms with Gasteiger partial charge in [0.2, 0.25) is 0 Å². The summed E-state index contributed by atoms with van der Waals surface area (Å²) in [6.45, 7) is 4.83. The van der Waals surface area contributed by atoms with Gasteiger partial charge >= 0.3 is 0 Å². The number of hydrogen-bond acceptors (Lipinski definition) is 3. The molecule has 0 aliphatic carbocycles. The van der Waals surface area contributed by atoms with E-state index < -0.39 is 0 Å². The Morgan fingerprint density at radius 1 is 1.11 bits per heavy atom. The Bertz CT molecular complexity index is 511. The summed E-state index contributed by atoms with van der Waals surface area (Å²) in [5.41, 5.74) is 2.30. The first-order valence-corrected chi connectivity index (χ1v) is 7.69. The standard InChI is InChI=1S/C14H15Br2N3/c1-2-19(9-11-5-3-4-6-18-11)10-12-13(15)7-17-8-14(12)16/h3-8H,2,9-10H2,1H3. The molecule has 0 atom stereocenters. The van der Waals surface area contributed by atoms with Gasteiger partial charge in [-0.1, -0.05) is 13.0 Å². The molecule has 0 bridgehead atoms. The van der Waals surface area contributed by atoms with Crippen molar-refractivity contribution >= 4 is 31.9 Å². The van der Waals surface area contributed by atoms with Crippen molar-refractivity contribution < 1.29 is 0 Å². The zero-order chi connectivity index (χ0) is 13.7. The summed E-state index contributed by atoms with van der Waals surface area (Å²) in [5, 5.41) is 0. The first-order chi connectivity index (χ1) is 9.20. The van der Waals surface area contributed by atoms with Crippen molar-refractivity contribution in [1.82, 2.24) is 14.9 Å². The number of halogens is 2. The molecular weight excluding hydrogens is 370 g/mol. The second kappa shape index (κ2) is 7.12. The number of aromatic nitrogens is 2. The molecule has 0 unspecified atom stereocenters. The maximum atomic E-state index is 4.38. The second-order valence-electron chi connectivity index (χ2n) is 4.21. The Morgan fingerprint density at radius 2 is 1.84 bits per heavy atom. The number of nitrogens with zero attached hydrogens (tertiary/aromatic N) is 3. The molecule has 0 radical (unpaired) electrons. The minimum absolute atomic E-state index is 0.846. The van der Waals surface area contributed by atoms with Gasteiger partial charge in [0.25, 0.3) is 0 Å². The van der Waals surface area contributed by atoms with Crippen LogP contribution in [0.15, 0.2) is 45.7 Å². The molecule has 19 heavy (non-hydrogen) atoms. The third-order valence-electron chi connectivity index (χ3n) is 2.89. The maximum absolute atomic E-state index is 4.38. The van der Waals surface area contributed by atoms with Crippen molar-refractivity contribution in [3.05, 3.63) is 57.0 Å². The monoisotopic (exact) mass is 383 g/mol. The van der Waals surface area contributed by atoms with Gasteiger partial charge in [-0.2, -0.15) is 0 Å². The minimum Gasteiger partial charge on any atom is -0.293 e. The molecule has 0 aliphatic rings. The normalized spacial score (nSPS) is 10.9. The lowest BCUT2D eigenvalue weighted by Crippen LogP contribution is -2.23. The van der Waals surface area contributed by atoms with Gasteiger partial charge in [0.05, 0.1) is 5.69 Å². The predicted octanol–water partition coefficient (Wildman–Crippen LogP) is 4.02. The lowest BCUT2D eigenvalue weighted by Gasteiger charge is -2.21. The Labute approximate surface area is 130 Å². The Morgan fingerprint density at radius 3 is 2.42 bits per heavy atom. The molecule has 0 amide bonds. The summed E-state index contributed by atoms with van der Waals surface area (Å²) < 4.78 is 2.06. The number of pyridine rings is 2. The molecule has 100 valence electrons. The molecular formula is C14H15Br2N3. The number of hydrogen-bond donors (Lipinski definition) is 0. The first-order valence-electron chi connectivity index (χ1n) is 6.11. The summed E-state index contributed by atoms with van der Waals surface area (Å²) in [4.78, 5) is 10.9. The fourth-order valence-corrected chi connectivity index (χ4v) is 2.99. The molecule has 2 heterocycles. The minimum atomic E-state index is 0.846. The average Bonchev–Trinajstić information content (AvgIpc) is 2.43. The topological polar surface area (TPSA) is 29.0 Å². The summed E-state index contributed by atoms with van der Waals surface area (Å²) in [7, 11) is 0. The van der Waals surface area contributed by atoms with Crippen molar-refractivity contribution in [2.75, 3.05) is 6.54 Å². The second-order valence-corrected chi connectivity index (χ2v) is 5.91. The van der Waals surface area contributed by atoms with Crippen LogP contribution in [0.3, 0.4) is 0 Å². The third kappa shape index (κ3) is 4.09. The summed E-state index contributed by atoms with van der Waals surface area (Å²) in [6.07, 6.45) is 5.49. The lowest BCUT2D eigenvalue weighted by molar-refractivity contribution is 0.267. The van der Waals surface area contributed by atoms with E-state index in [4.69, 9.17) is 0 Å². The van der Waals surface area contributed by atoms with E-state index in [0.717, 1.165) is 34.3 Å². The fraction of sp³-hybridized carbons (Fsp3) is 0.286. The smallest absolute Gasteiger partial charge is 0.0544 e. The average molecular weight is 385 g/mol. The molecule has 2 aromatic heterocycles. The summed E-state index contributed by atoms with van der Waals surface area (Å²) in [5.74, 6) is 0. The molecule has 0 saturated carbocycles. The molecule has 0 N–H and O–H groups in total. The molecule has 0 fully saturated rings. The van der Waals surface area contributed by atoms with E-state index in [1.54, 1.807) is 0 Å². The van der Waals surface area contributed by atoms with Crippen LogP contribution in [0.4, 0.5) is 0 Å². The SMILES string of the molecule is CCN(Cc1ccccn1)Cc1c(Br)cncc1Br. The van der Waals surface area contributed by atoms with E-state index in [0.29, 0.717) is 0 Å². The Hall–Kier alpha value is -0.780. The van der Waals surface area contributed by atoms with Crippen molar-refractivity contribution in [3.63, 3.8) is 0 Å². The van der Waals surface area contributed by atoms with Gasteiger partial charge in [0.1, 0.15) is 0 Å². The number of rotatable bonds is 5. The molecule has 2 rings (SSSR count). The van der Waals surface area contributed by atoms with Crippen molar-refractivity contribution in [1.29, 1.82) is 0 Å². The van der Waals surface area contributed by atoms with Crippen LogP contribution in [0, 0.1) is 0 Å². The maximum Gasteiger partial charge on any atom is 0.0544 e. The zero-order valence-electron chi connectivity index (χ0n) is 10.7. The van der Waals surface area contributed by atoms with Gasteiger partial charge in [-0.05, 0) is 56.1 Å². The van der Waals surface area contributed by atoms with Crippen molar-refractivity contribution in [2.24, 2.45) is 0 Å². The highest BCUT2D eigenvalue weighted by Crippen LogP contribution is 2.25. The fourth-order valence-electron chi connectivity index (χ4n) is 1.81. The van der Waals surface area contributed by atoms with Gasteiger partial charge in [-0.15, -0.1) is 0 Å². The van der Waals surface area contributed by atoms with Gasteiger partial charge in [0.15, 0.2) is 0 Å². The molecule has 0 spiro atoms. The van der Waals surface area contributed by atoms with Crippen LogP contribution in [-0.4, -0.2) is 21.4 Å². The quantitative estimate of drug-likeness (QED) is 0.779. The van der Waals surface area contributed by atoms with Crippen molar-refractivity contribution in [2.45, 2.75) is 20.0 Å². The molecule has 2 aromatic rings.